The van der Waals surface area contributed by atoms with E-state index >= 15 is 0 Å². The minimum absolute atomic E-state index is 0.0688. The fraction of sp³-hybridized carbons (Fsp3) is 0.588. The van der Waals surface area contributed by atoms with Crippen molar-refractivity contribution in [2.75, 3.05) is 14.2 Å². The van der Waals surface area contributed by atoms with Crippen LogP contribution in [0.1, 0.15) is 35.2 Å². The molecule has 0 amide bonds. The zero-order valence-electron chi connectivity index (χ0n) is 12.6. The lowest BCUT2D eigenvalue weighted by molar-refractivity contribution is -0.200. The van der Waals surface area contributed by atoms with Crippen molar-refractivity contribution in [1.82, 2.24) is 5.32 Å². The van der Waals surface area contributed by atoms with Gasteiger partial charge in [-0.3, -0.25) is 10.1 Å². The Morgan fingerprint density at radius 2 is 2.00 bits per heavy atom. The lowest BCUT2D eigenvalue weighted by Crippen LogP contribution is -2.76. The average molecular weight is 287 g/mol. The van der Waals surface area contributed by atoms with E-state index in [1.54, 1.807) is 14.2 Å². The lowest BCUT2D eigenvalue weighted by Gasteiger charge is -2.63. The van der Waals surface area contributed by atoms with Gasteiger partial charge < -0.3 is 9.47 Å². The Morgan fingerprint density at radius 1 is 1.24 bits per heavy atom. The molecule has 1 N–H and O–H groups in total. The molecule has 4 heteroatoms. The molecule has 2 heterocycles. The number of benzene rings is 1. The highest BCUT2D eigenvalue weighted by Crippen LogP contribution is 2.65. The highest BCUT2D eigenvalue weighted by molar-refractivity contribution is 6.07. The third-order valence-electron chi connectivity index (χ3n) is 6.05. The normalized spacial score (nSPS) is 43.8. The number of hydrogen-bond donors (Lipinski definition) is 1. The number of hydrogen-bond acceptors (Lipinski definition) is 4. The van der Waals surface area contributed by atoms with E-state index in [0.717, 1.165) is 12.0 Å². The number of Topliss-reactive ketones (excluding diaryl/α,β-unsaturated/α-hetero) is 1. The Balaban J connectivity index is 1.79. The summed E-state index contributed by atoms with van der Waals surface area (Å²) in [4.78, 5) is 13.1. The van der Waals surface area contributed by atoms with Gasteiger partial charge >= 0.3 is 0 Å². The van der Waals surface area contributed by atoms with Crippen molar-refractivity contribution in [3.8, 4) is 0 Å². The number of carbonyl (C=O) groups is 1. The molecule has 1 saturated carbocycles. The number of nitrogens with one attached hydrogen (secondary N) is 1. The van der Waals surface area contributed by atoms with Gasteiger partial charge in [0.15, 0.2) is 5.78 Å². The second kappa shape index (κ2) is 4.38. The second-order valence-corrected chi connectivity index (χ2v) is 6.49. The van der Waals surface area contributed by atoms with Crippen molar-refractivity contribution < 1.29 is 14.3 Å². The maximum absolute atomic E-state index is 13.1. The summed E-state index contributed by atoms with van der Waals surface area (Å²) in [6, 6.07) is 8.22. The number of ketones is 1. The van der Waals surface area contributed by atoms with Gasteiger partial charge in [0.1, 0.15) is 12.3 Å². The zero-order valence-corrected chi connectivity index (χ0v) is 12.6. The largest absolute Gasteiger partial charge is 0.377 e. The van der Waals surface area contributed by atoms with Crippen LogP contribution in [-0.4, -0.2) is 38.4 Å². The molecule has 21 heavy (non-hydrogen) atoms. The molecule has 2 aliphatic carbocycles. The average Bonchev–Trinajstić information content (AvgIpc) is 2.76. The minimum atomic E-state index is -0.348. The number of carbonyl (C=O) groups excluding carboxylic acids is 1. The monoisotopic (exact) mass is 287 g/mol. The van der Waals surface area contributed by atoms with Gasteiger partial charge in [0, 0.05) is 31.7 Å². The molecular formula is C17H21NO3. The first kappa shape index (κ1) is 13.4. The maximum atomic E-state index is 13.1. The third kappa shape index (κ3) is 1.38. The van der Waals surface area contributed by atoms with Gasteiger partial charge in [-0.15, -0.1) is 0 Å². The standard InChI is InChI=1S/C17H21NO3/c1-9-10-6-4-5-7-11(10)15(19)17(9)12-8-13(17)18-16(21-3)14(12)20-2/h4-7,9,12-14,16,18H,8H2,1-3H3. The van der Waals surface area contributed by atoms with E-state index in [0.29, 0.717) is 0 Å². The van der Waals surface area contributed by atoms with Gasteiger partial charge in [-0.1, -0.05) is 31.2 Å². The quantitative estimate of drug-likeness (QED) is 0.903. The summed E-state index contributed by atoms with van der Waals surface area (Å²) in [5, 5.41) is 3.49. The fourth-order valence-corrected chi connectivity index (χ4v) is 5.07. The van der Waals surface area contributed by atoms with E-state index in [1.807, 2.05) is 18.2 Å². The van der Waals surface area contributed by atoms with Crippen LogP contribution in [-0.2, 0) is 9.47 Å². The Kier molecular flexibility index (Phi) is 2.80. The summed E-state index contributed by atoms with van der Waals surface area (Å²) < 4.78 is 11.2. The molecule has 6 unspecified atom stereocenters. The van der Waals surface area contributed by atoms with Crippen molar-refractivity contribution in [3.05, 3.63) is 35.4 Å². The van der Waals surface area contributed by atoms with Crippen LogP contribution in [0.3, 0.4) is 0 Å². The van der Waals surface area contributed by atoms with Gasteiger partial charge in [0.05, 0.1) is 5.41 Å². The topological polar surface area (TPSA) is 47.6 Å². The van der Waals surface area contributed by atoms with E-state index in [9.17, 15) is 4.79 Å². The molecule has 4 aliphatic rings. The third-order valence-corrected chi connectivity index (χ3v) is 6.05. The van der Waals surface area contributed by atoms with Crippen LogP contribution >= 0.6 is 0 Å². The zero-order chi connectivity index (χ0) is 14.8. The smallest absolute Gasteiger partial charge is 0.171 e. The molecule has 2 saturated heterocycles. The van der Waals surface area contributed by atoms with Crippen LogP contribution < -0.4 is 5.32 Å². The van der Waals surface area contributed by atoms with Gasteiger partial charge in [-0.25, -0.2) is 0 Å². The van der Waals surface area contributed by atoms with Crippen molar-refractivity contribution in [1.29, 1.82) is 0 Å². The number of rotatable bonds is 2. The fourth-order valence-electron chi connectivity index (χ4n) is 5.07. The van der Waals surface area contributed by atoms with Crippen molar-refractivity contribution in [3.63, 3.8) is 0 Å². The number of fused-ring (bicyclic) bond motifs is 3. The van der Waals surface area contributed by atoms with Crippen molar-refractivity contribution >= 4 is 5.78 Å². The highest BCUT2D eigenvalue weighted by atomic mass is 16.5. The lowest BCUT2D eigenvalue weighted by atomic mass is 9.47. The van der Waals surface area contributed by atoms with Gasteiger partial charge in [-0.05, 0) is 17.9 Å². The Morgan fingerprint density at radius 3 is 2.67 bits per heavy atom. The Hall–Kier alpha value is -1.23. The van der Waals surface area contributed by atoms with E-state index in [2.05, 4.69) is 18.3 Å². The minimum Gasteiger partial charge on any atom is -0.377 e. The van der Waals surface area contributed by atoms with Crippen LogP contribution in [0.4, 0.5) is 0 Å². The van der Waals surface area contributed by atoms with Gasteiger partial charge in [0.2, 0.25) is 0 Å². The maximum Gasteiger partial charge on any atom is 0.171 e. The molecule has 5 rings (SSSR count). The van der Waals surface area contributed by atoms with Crippen LogP contribution in [0.15, 0.2) is 24.3 Å². The molecule has 112 valence electrons. The van der Waals surface area contributed by atoms with Crippen LogP contribution in [0.25, 0.3) is 0 Å². The molecule has 2 bridgehead atoms. The molecule has 1 spiro atoms. The van der Waals surface area contributed by atoms with E-state index in [4.69, 9.17) is 9.47 Å². The second-order valence-electron chi connectivity index (χ2n) is 6.49. The molecule has 6 atom stereocenters. The first-order chi connectivity index (χ1) is 10.2. The number of ether oxygens (including phenoxy) is 2. The predicted octanol–water partition coefficient (Wildman–Crippen LogP) is 1.95. The van der Waals surface area contributed by atoms with Gasteiger partial charge in [-0.2, -0.15) is 0 Å². The highest BCUT2D eigenvalue weighted by Gasteiger charge is 2.71. The van der Waals surface area contributed by atoms with E-state index in [1.165, 1.54) is 5.56 Å². The molecule has 3 fully saturated rings. The summed E-state index contributed by atoms with van der Waals surface area (Å²) in [5.41, 5.74) is 1.73. The molecule has 0 aromatic heterocycles. The van der Waals surface area contributed by atoms with E-state index < -0.39 is 0 Å². The predicted molar refractivity (Wildman–Crippen MR) is 78.2 cm³/mol. The molecule has 1 aromatic carbocycles. The molecular weight excluding hydrogens is 266 g/mol. The van der Waals surface area contributed by atoms with Crippen LogP contribution in [0.5, 0.6) is 0 Å². The molecule has 2 aliphatic heterocycles. The summed E-state index contributed by atoms with van der Waals surface area (Å²) >= 11 is 0. The SMILES string of the molecule is COC1NC2CC(C1OC)C21C(=O)c2ccccc2C1C. The van der Waals surface area contributed by atoms with Crippen LogP contribution in [0.2, 0.25) is 0 Å². The Labute approximate surface area is 124 Å². The molecule has 0 radical (unpaired) electrons. The first-order valence-electron chi connectivity index (χ1n) is 7.61. The van der Waals surface area contributed by atoms with Crippen molar-refractivity contribution in [2.45, 2.75) is 37.6 Å². The van der Waals surface area contributed by atoms with Gasteiger partial charge in [0.25, 0.3) is 0 Å². The van der Waals surface area contributed by atoms with E-state index in [-0.39, 0.29) is 41.4 Å². The number of methoxy groups -OCH3 is 2. The number of piperidine rings is 2. The summed E-state index contributed by atoms with van der Waals surface area (Å²) in [5.74, 6) is 0.748. The Bertz CT molecular complexity index is 601. The molecule has 1 aromatic rings. The summed E-state index contributed by atoms with van der Waals surface area (Å²) in [7, 11) is 3.40. The van der Waals surface area contributed by atoms with Crippen LogP contribution in [0, 0.1) is 11.3 Å². The van der Waals surface area contributed by atoms with Crippen molar-refractivity contribution in [2.24, 2.45) is 11.3 Å². The summed E-state index contributed by atoms with van der Waals surface area (Å²) in [6.45, 7) is 2.18. The summed E-state index contributed by atoms with van der Waals surface area (Å²) in [6.07, 6.45) is 0.802. The molecule has 4 nitrogen and oxygen atoms in total. The first-order valence-corrected chi connectivity index (χ1v) is 7.61.